The van der Waals surface area contributed by atoms with E-state index in [0.717, 1.165) is 0 Å². The molecule has 0 aromatic heterocycles. The average Bonchev–Trinajstić information content (AvgIpc) is 2.59. The second-order valence-electron chi connectivity index (χ2n) is 4.74. The van der Waals surface area contributed by atoms with Crippen molar-refractivity contribution in [1.82, 2.24) is 5.32 Å². The van der Waals surface area contributed by atoms with E-state index in [1.165, 1.54) is 0 Å². The van der Waals surface area contributed by atoms with Gasteiger partial charge in [0.25, 0.3) is 5.91 Å². The molecule has 0 aliphatic rings. The molecule has 2 rings (SSSR count). The molecular formula is C17H15N2NaO4. The molecule has 0 spiro atoms. The summed E-state index contributed by atoms with van der Waals surface area (Å²) in [5, 5.41) is 23.4. The molecule has 0 unspecified atom stereocenters. The van der Waals surface area contributed by atoms with Crippen molar-refractivity contribution in [3.05, 3.63) is 71.8 Å². The minimum absolute atomic E-state index is 0. The summed E-state index contributed by atoms with van der Waals surface area (Å²) < 4.78 is 0. The van der Waals surface area contributed by atoms with E-state index in [2.05, 4.69) is 10.3 Å². The van der Waals surface area contributed by atoms with Crippen LogP contribution in [0.3, 0.4) is 0 Å². The molecule has 0 fully saturated rings. The Bertz CT molecular complexity index is 705. The number of benzene rings is 2. The number of aliphatic imine (C=N–C) groups is 1. The Morgan fingerprint density at radius 2 is 1.50 bits per heavy atom. The third-order valence-electron chi connectivity index (χ3n) is 3.08. The summed E-state index contributed by atoms with van der Waals surface area (Å²) in [5.41, 5.74) is 0.708. The summed E-state index contributed by atoms with van der Waals surface area (Å²) in [4.78, 5) is 26.9. The van der Waals surface area contributed by atoms with Crippen molar-refractivity contribution in [2.45, 2.75) is 6.04 Å². The van der Waals surface area contributed by atoms with Crippen molar-refractivity contribution in [1.29, 1.82) is 0 Å². The van der Waals surface area contributed by atoms with Crippen LogP contribution in [0.5, 0.6) is 0 Å². The van der Waals surface area contributed by atoms with Crippen molar-refractivity contribution in [3.8, 4) is 0 Å². The third-order valence-corrected chi connectivity index (χ3v) is 3.08. The van der Waals surface area contributed by atoms with E-state index in [1.54, 1.807) is 60.7 Å². The Balaban J connectivity index is 0.00000288. The van der Waals surface area contributed by atoms with Gasteiger partial charge < -0.3 is 15.5 Å². The predicted molar refractivity (Wildman–Crippen MR) is 83.2 cm³/mol. The molecular weight excluding hydrogens is 319 g/mol. The number of aliphatic carboxylic acids is 1. The Hall–Kier alpha value is -2.15. The summed E-state index contributed by atoms with van der Waals surface area (Å²) >= 11 is 0. The summed E-state index contributed by atoms with van der Waals surface area (Å²) in [6, 6.07) is 15.3. The van der Waals surface area contributed by atoms with Gasteiger partial charge in [-0.05, 0) is 23.6 Å². The molecule has 0 saturated heterocycles. The number of carbonyl (C=O) groups excluding carboxylic acids is 1. The van der Waals surface area contributed by atoms with Crippen LogP contribution in [0, 0.1) is 0 Å². The van der Waals surface area contributed by atoms with Crippen LogP contribution in [0.15, 0.2) is 65.7 Å². The number of carbonyl (C=O) groups is 2. The zero-order valence-electron chi connectivity index (χ0n) is 13.2. The summed E-state index contributed by atoms with van der Waals surface area (Å²) in [7, 11) is 0. The second-order valence-corrected chi connectivity index (χ2v) is 4.74. The normalized spacial score (nSPS) is 11.9. The molecule has 1 atom stereocenters. The number of hydrogen-bond donors (Lipinski definition) is 2. The van der Waals surface area contributed by atoms with Crippen LogP contribution in [-0.4, -0.2) is 35.5 Å². The molecule has 2 N–H and O–H groups in total. The number of nitrogens with one attached hydrogen (secondary N) is 1. The fraction of sp³-hybridized carbons (Fsp3) is 0.118. The molecule has 118 valence electrons. The average molecular weight is 334 g/mol. The van der Waals surface area contributed by atoms with Crippen LogP contribution < -0.4 is 40.0 Å². The molecule has 0 radical (unpaired) electrons. The Labute approximate surface area is 161 Å². The van der Waals surface area contributed by atoms with Crippen LogP contribution in [0.4, 0.5) is 0 Å². The van der Waals surface area contributed by atoms with Gasteiger partial charge >= 0.3 is 35.5 Å². The standard InChI is InChI=1S/C17H16N2O4.Na/c20-15(12-7-3-1-4-8-12)18-11-14(17(22)23)19-16(21)13-9-5-2-6-10-13;/h1-10,14H,11H2,(H,18,20)(H,19,21)(H,22,23);/q;+1/p-1/t14-;/m0./s1. The van der Waals surface area contributed by atoms with E-state index >= 15 is 0 Å². The number of nitrogens with zero attached hydrogens (tertiary/aromatic N) is 1. The quantitative estimate of drug-likeness (QED) is 0.352. The van der Waals surface area contributed by atoms with Crippen molar-refractivity contribution in [2.75, 3.05) is 6.54 Å². The van der Waals surface area contributed by atoms with Gasteiger partial charge in [0.2, 0.25) is 0 Å². The molecule has 24 heavy (non-hydrogen) atoms. The van der Waals surface area contributed by atoms with Crippen molar-refractivity contribution < 1.29 is 49.4 Å². The van der Waals surface area contributed by atoms with E-state index in [1.807, 2.05) is 0 Å². The van der Waals surface area contributed by atoms with Crippen LogP contribution >= 0.6 is 0 Å². The minimum Gasteiger partial charge on any atom is -0.858 e. The van der Waals surface area contributed by atoms with Crippen LogP contribution in [-0.2, 0) is 4.79 Å². The van der Waals surface area contributed by atoms with Crippen LogP contribution in [0.1, 0.15) is 15.9 Å². The summed E-state index contributed by atoms with van der Waals surface area (Å²) in [5.74, 6) is -2.30. The van der Waals surface area contributed by atoms with Crippen LogP contribution in [0.25, 0.3) is 0 Å². The van der Waals surface area contributed by atoms with Crippen molar-refractivity contribution in [3.63, 3.8) is 0 Å². The molecule has 0 saturated carbocycles. The second kappa shape index (κ2) is 9.87. The monoisotopic (exact) mass is 334 g/mol. The van der Waals surface area contributed by atoms with E-state index in [-0.39, 0.29) is 36.1 Å². The Morgan fingerprint density at radius 3 is 2.00 bits per heavy atom. The molecule has 6 nitrogen and oxygen atoms in total. The van der Waals surface area contributed by atoms with Crippen LogP contribution in [0.2, 0.25) is 0 Å². The molecule has 0 bridgehead atoms. The third kappa shape index (κ3) is 5.81. The molecule has 0 heterocycles. The Morgan fingerprint density at radius 1 is 1.00 bits per heavy atom. The van der Waals surface area contributed by atoms with Gasteiger partial charge in [-0.2, -0.15) is 0 Å². The van der Waals surface area contributed by atoms with Gasteiger partial charge in [0, 0.05) is 5.56 Å². The van der Waals surface area contributed by atoms with Gasteiger partial charge in [-0.1, -0.05) is 48.5 Å². The number of amides is 1. The smallest absolute Gasteiger partial charge is 0.858 e. The number of hydrogen-bond acceptors (Lipinski definition) is 4. The summed E-state index contributed by atoms with van der Waals surface area (Å²) in [6.45, 7) is -0.332. The molecule has 2 aromatic rings. The fourth-order valence-corrected chi connectivity index (χ4v) is 1.86. The van der Waals surface area contributed by atoms with Crippen molar-refractivity contribution in [2.24, 2.45) is 4.99 Å². The number of carboxylic acid groups (broad SMARTS) is 1. The molecule has 0 aliphatic carbocycles. The first-order valence-corrected chi connectivity index (χ1v) is 6.93. The van der Waals surface area contributed by atoms with Gasteiger partial charge in [0.15, 0.2) is 0 Å². The maximum atomic E-state index is 12.0. The summed E-state index contributed by atoms with van der Waals surface area (Å²) in [6.07, 6.45) is 0. The zero-order chi connectivity index (χ0) is 16.7. The van der Waals surface area contributed by atoms with E-state index < -0.39 is 23.8 Å². The topological polar surface area (TPSA) is 102 Å². The van der Waals surface area contributed by atoms with Gasteiger partial charge in [-0.25, -0.2) is 4.79 Å². The van der Waals surface area contributed by atoms with Gasteiger partial charge in [-0.15, -0.1) is 0 Å². The molecule has 0 aliphatic heterocycles. The number of rotatable bonds is 6. The van der Waals surface area contributed by atoms with Crippen molar-refractivity contribution >= 4 is 17.8 Å². The number of carboxylic acids is 1. The first kappa shape index (κ1) is 19.9. The van der Waals surface area contributed by atoms with Gasteiger partial charge in [-0.3, -0.25) is 9.79 Å². The molecule has 1 amide bonds. The maximum absolute atomic E-state index is 12.0. The predicted octanol–water partition coefficient (Wildman–Crippen LogP) is -2.32. The minimum atomic E-state index is -1.27. The first-order valence-electron chi connectivity index (χ1n) is 6.93. The Kier molecular flexibility index (Phi) is 8.18. The first-order chi connectivity index (χ1) is 11.1. The maximum Gasteiger partial charge on any atom is 1.00 e. The van der Waals surface area contributed by atoms with E-state index in [9.17, 15) is 14.7 Å². The molecule has 2 aromatic carbocycles. The molecule has 7 heteroatoms. The largest absolute Gasteiger partial charge is 1.00 e. The van der Waals surface area contributed by atoms with Gasteiger partial charge in [0.05, 0.1) is 6.54 Å². The van der Waals surface area contributed by atoms with E-state index in [4.69, 9.17) is 5.11 Å². The fourth-order valence-electron chi connectivity index (χ4n) is 1.86. The van der Waals surface area contributed by atoms with Gasteiger partial charge in [0.1, 0.15) is 6.04 Å². The van der Waals surface area contributed by atoms with E-state index in [0.29, 0.717) is 11.1 Å². The SMILES string of the molecule is O=C(N[C@@H](CN=C([O-])c1ccccc1)C(=O)O)c1ccccc1.[Na+]. The zero-order valence-corrected chi connectivity index (χ0v) is 15.2.